The lowest BCUT2D eigenvalue weighted by molar-refractivity contribution is 0.176. The topological polar surface area (TPSA) is 51.4 Å². The van der Waals surface area contributed by atoms with Crippen molar-refractivity contribution < 1.29 is 4.74 Å². The molecule has 0 amide bonds. The van der Waals surface area contributed by atoms with E-state index in [1.165, 1.54) is 5.56 Å². The van der Waals surface area contributed by atoms with Crippen molar-refractivity contribution in [3.8, 4) is 5.75 Å². The number of ether oxygens (including phenoxy) is 1. The smallest absolute Gasteiger partial charge is 0.142 e. The molecule has 21 heavy (non-hydrogen) atoms. The van der Waals surface area contributed by atoms with Crippen LogP contribution in [-0.4, -0.2) is 30.5 Å². The Bertz CT molecular complexity index is 640. The van der Waals surface area contributed by atoms with Gasteiger partial charge in [-0.1, -0.05) is 18.2 Å². The number of anilines is 1. The Morgan fingerprint density at radius 2 is 2.10 bits per heavy atom. The second kappa shape index (κ2) is 5.74. The van der Waals surface area contributed by atoms with Crippen molar-refractivity contribution in [2.45, 2.75) is 18.9 Å². The molecule has 0 saturated carbocycles. The molecule has 2 aromatic rings. The van der Waals surface area contributed by atoms with E-state index >= 15 is 0 Å². The van der Waals surface area contributed by atoms with Crippen LogP contribution in [0.2, 0.25) is 0 Å². The van der Waals surface area contributed by atoms with Gasteiger partial charge in [-0.15, -0.1) is 0 Å². The zero-order chi connectivity index (χ0) is 14.8. The second-order valence-corrected chi connectivity index (χ2v) is 5.75. The number of hydrogen-bond donors (Lipinski definition) is 1. The molecule has 4 nitrogen and oxygen atoms in total. The van der Waals surface area contributed by atoms with Gasteiger partial charge in [-0.3, -0.25) is 4.98 Å². The van der Waals surface area contributed by atoms with Crippen molar-refractivity contribution >= 4 is 5.69 Å². The Morgan fingerprint density at radius 3 is 2.90 bits per heavy atom. The summed E-state index contributed by atoms with van der Waals surface area (Å²) >= 11 is 0. The van der Waals surface area contributed by atoms with Crippen LogP contribution in [0.4, 0.5) is 5.69 Å². The molecule has 0 saturated heterocycles. The van der Waals surface area contributed by atoms with E-state index in [2.05, 4.69) is 30.0 Å². The Morgan fingerprint density at radius 1 is 1.29 bits per heavy atom. The molecular formula is C17H21N3O. The molecule has 2 heterocycles. The van der Waals surface area contributed by atoms with Gasteiger partial charge < -0.3 is 15.4 Å². The van der Waals surface area contributed by atoms with Gasteiger partial charge in [0, 0.05) is 36.8 Å². The highest BCUT2D eigenvalue weighted by atomic mass is 16.5. The number of aromatic nitrogens is 1. The average molecular weight is 283 g/mol. The average Bonchev–Trinajstić information content (AvgIpc) is 2.63. The molecule has 0 aliphatic carbocycles. The molecule has 2 N–H and O–H groups in total. The minimum absolute atomic E-state index is 0.0467. The fourth-order valence-corrected chi connectivity index (χ4v) is 2.73. The van der Waals surface area contributed by atoms with Gasteiger partial charge >= 0.3 is 0 Å². The Kier molecular flexibility index (Phi) is 3.80. The lowest BCUT2D eigenvalue weighted by atomic mass is 9.99. The maximum atomic E-state index is 6.24. The zero-order valence-corrected chi connectivity index (χ0v) is 12.5. The van der Waals surface area contributed by atoms with Gasteiger partial charge in [0.2, 0.25) is 0 Å². The van der Waals surface area contributed by atoms with Crippen LogP contribution in [0, 0.1) is 0 Å². The van der Waals surface area contributed by atoms with Crippen molar-refractivity contribution in [3.63, 3.8) is 0 Å². The van der Waals surface area contributed by atoms with E-state index in [9.17, 15) is 0 Å². The van der Waals surface area contributed by atoms with Crippen LogP contribution < -0.4 is 10.5 Å². The SMILES string of the molecule is CN(C)CCC1Oc2ccccc2Cc2c(N)ccnc21. The number of hydrogen-bond acceptors (Lipinski definition) is 4. The van der Waals surface area contributed by atoms with E-state index in [0.717, 1.165) is 42.1 Å². The Hall–Kier alpha value is -2.07. The number of nitrogen functional groups attached to an aromatic ring is 1. The van der Waals surface area contributed by atoms with Gasteiger partial charge in [-0.2, -0.15) is 0 Å². The summed E-state index contributed by atoms with van der Waals surface area (Å²) in [5.74, 6) is 0.943. The highest BCUT2D eigenvalue weighted by Crippen LogP contribution is 2.36. The lowest BCUT2D eigenvalue weighted by Gasteiger charge is -2.21. The largest absolute Gasteiger partial charge is 0.484 e. The summed E-state index contributed by atoms with van der Waals surface area (Å²) < 4.78 is 6.24. The van der Waals surface area contributed by atoms with E-state index in [1.54, 1.807) is 6.20 Å². The van der Waals surface area contributed by atoms with Gasteiger partial charge in [0.1, 0.15) is 11.9 Å². The summed E-state index contributed by atoms with van der Waals surface area (Å²) in [6.45, 7) is 0.947. The van der Waals surface area contributed by atoms with Gasteiger partial charge in [-0.05, 0) is 31.8 Å². The minimum atomic E-state index is -0.0467. The first-order chi connectivity index (χ1) is 10.1. The number of fused-ring (bicyclic) bond motifs is 2. The standard InChI is InChI=1S/C17H21N3O/c1-20(2)10-8-16-17-13(14(18)7-9-19-17)11-12-5-3-4-6-15(12)21-16/h3-7,9,16H,8,10-11H2,1-2H3,(H2,18,19). The molecule has 0 radical (unpaired) electrons. The molecular weight excluding hydrogens is 262 g/mol. The third-order valence-electron chi connectivity index (χ3n) is 3.88. The van der Waals surface area contributed by atoms with Crippen LogP contribution in [0.25, 0.3) is 0 Å². The molecule has 110 valence electrons. The van der Waals surface area contributed by atoms with Crippen LogP contribution in [-0.2, 0) is 6.42 Å². The van der Waals surface area contributed by atoms with E-state index < -0.39 is 0 Å². The molecule has 0 spiro atoms. The van der Waals surface area contributed by atoms with Crippen molar-refractivity contribution in [1.82, 2.24) is 9.88 Å². The van der Waals surface area contributed by atoms with Crippen molar-refractivity contribution in [2.24, 2.45) is 0 Å². The first-order valence-electron chi connectivity index (χ1n) is 7.27. The molecule has 4 heteroatoms. The molecule has 0 fully saturated rings. The summed E-state index contributed by atoms with van der Waals surface area (Å²) in [4.78, 5) is 6.72. The number of rotatable bonds is 3. The van der Waals surface area contributed by atoms with Crippen LogP contribution in [0.1, 0.15) is 29.3 Å². The summed E-state index contributed by atoms with van der Waals surface area (Å²) in [5.41, 5.74) is 10.2. The highest BCUT2D eigenvalue weighted by Gasteiger charge is 2.25. The maximum Gasteiger partial charge on any atom is 0.142 e. The van der Waals surface area contributed by atoms with Gasteiger partial charge in [0.15, 0.2) is 0 Å². The van der Waals surface area contributed by atoms with Gasteiger partial charge in [0.25, 0.3) is 0 Å². The van der Waals surface area contributed by atoms with E-state index in [0.29, 0.717) is 0 Å². The van der Waals surface area contributed by atoms with Crippen molar-refractivity contribution in [3.05, 3.63) is 53.3 Å². The Balaban J connectivity index is 2.02. The van der Waals surface area contributed by atoms with E-state index in [-0.39, 0.29) is 6.10 Å². The maximum absolute atomic E-state index is 6.24. The molecule has 1 aromatic heterocycles. The molecule has 0 bridgehead atoms. The normalized spacial score (nSPS) is 16.8. The lowest BCUT2D eigenvalue weighted by Crippen LogP contribution is -2.20. The molecule has 1 aromatic carbocycles. The van der Waals surface area contributed by atoms with Crippen LogP contribution in [0.15, 0.2) is 36.5 Å². The molecule has 1 atom stereocenters. The quantitative estimate of drug-likeness (QED) is 0.941. The molecule has 1 aliphatic rings. The molecule has 1 aliphatic heterocycles. The third-order valence-corrected chi connectivity index (χ3v) is 3.88. The summed E-state index contributed by atoms with van der Waals surface area (Å²) in [7, 11) is 4.14. The minimum Gasteiger partial charge on any atom is -0.484 e. The fraction of sp³-hybridized carbons (Fsp3) is 0.353. The van der Waals surface area contributed by atoms with Crippen LogP contribution >= 0.6 is 0 Å². The summed E-state index contributed by atoms with van der Waals surface area (Å²) in [6, 6.07) is 10.0. The third kappa shape index (κ3) is 2.85. The fourth-order valence-electron chi connectivity index (χ4n) is 2.73. The number of pyridine rings is 1. The zero-order valence-electron chi connectivity index (χ0n) is 12.5. The number of nitrogens with zero attached hydrogens (tertiary/aromatic N) is 2. The number of nitrogens with two attached hydrogens (primary N) is 1. The van der Waals surface area contributed by atoms with Crippen LogP contribution in [0.5, 0.6) is 5.75 Å². The molecule has 3 rings (SSSR count). The number of para-hydroxylation sites is 1. The predicted molar refractivity (Wildman–Crippen MR) is 84.4 cm³/mol. The van der Waals surface area contributed by atoms with E-state index in [4.69, 9.17) is 10.5 Å². The van der Waals surface area contributed by atoms with Gasteiger partial charge in [0.05, 0.1) is 5.69 Å². The molecule has 1 unspecified atom stereocenters. The Labute approximate surface area is 125 Å². The van der Waals surface area contributed by atoms with Crippen molar-refractivity contribution in [2.75, 3.05) is 26.4 Å². The summed E-state index contributed by atoms with van der Waals surface area (Å²) in [5, 5.41) is 0. The summed E-state index contributed by atoms with van der Waals surface area (Å²) in [6.07, 6.45) is 3.40. The monoisotopic (exact) mass is 283 g/mol. The van der Waals surface area contributed by atoms with Crippen LogP contribution in [0.3, 0.4) is 0 Å². The first kappa shape index (κ1) is 13.9. The van der Waals surface area contributed by atoms with Crippen molar-refractivity contribution in [1.29, 1.82) is 0 Å². The first-order valence-corrected chi connectivity index (χ1v) is 7.27. The predicted octanol–water partition coefficient (Wildman–Crippen LogP) is 2.64. The number of benzene rings is 1. The second-order valence-electron chi connectivity index (χ2n) is 5.75. The van der Waals surface area contributed by atoms with Gasteiger partial charge in [-0.25, -0.2) is 0 Å². The highest BCUT2D eigenvalue weighted by molar-refractivity contribution is 5.54. The van der Waals surface area contributed by atoms with E-state index in [1.807, 2.05) is 24.3 Å².